The van der Waals surface area contributed by atoms with Gasteiger partial charge in [0.05, 0.1) is 11.9 Å². The summed E-state index contributed by atoms with van der Waals surface area (Å²) < 4.78 is 0. The molecule has 7 nitrogen and oxygen atoms in total. The Hall–Kier alpha value is -2.98. The number of rotatable bonds is 4. The van der Waals surface area contributed by atoms with Crippen LogP contribution in [-0.4, -0.2) is 40.0 Å². The van der Waals surface area contributed by atoms with Gasteiger partial charge in [-0.25, -0.2) is 9.78 Å². The number of carbonyl (C=O) groups excluding carboxylic acids is 1. The number of hydrogen-bond donors (Lipinski definition) is 2. The maximum absolute atomic E-state index is 12.2. The lowest BCUT2D eigenvalue weighted by molar-refractivity contribution is 0.183. The molecule has 2 N–H and O–H groups in total. The minimum absolute atomic E-state index is 0.108. The van der Waals surface area contributed by atoms with Gasteiger partial charge in [-0.1, -0.05) is 6.07 Å². The van der Waals surface area contributed by atoms with Crippen molar-refractivity contribution in [2.75, 3.05) is 18.4 Å². The molecule has 3 heterocycles. The molecular formula is C18H20N6O. The molecule has 0 bridgehead atoms. The lowest BCUT2D eigenvalue weighted by atomic mass is 10.1. The zero-order valence-corrected chi connectivity index (χ0v) is 13.9. The number of likely N-dealkylation sites (tertiary alicyclic amines) is 1. The van der Waals surface area contributed by atoms with Crippen LogP contribution in [0, 0.1) is 11.3 Å². The standard InChI is InChI=1S/C18H20N6O/c19-9-15-5-6-16(11-21-15)22-18(25)23-17-4-2-8-24(13-17)12-14-3-1-7-20-10-14/h1,3,5-7,10-11,17H,2,4,8,12-13H2,(H2,22,23,25)/t17-/m0/s1. The van der Waals surface area contributed by atoms with Crippen LogP contribution in [0.5, 0.6) is 0 Å². The van der Waals surface area contributed by atoms with E-state index in [9.17, 15) is 4.79 Å². The van der Waals surface area contributed by atoms with E-state index in [4.69, 9.17) is 5.26 Å². The first-order valence-electron chi connectivity index (χ1n) is 8.28. The Morgan fingerprint density at radius 2 is 2.28 bits per heavy atom. The van der Waals surface area contributed by atoms with Gasteiger partial charge in [-0.15, -0.1) is 0 Å². The third-order valence-electron chi connectivity index (χ3n) is 4.11. The molecule has 0 unspecified atom stereocenters. The molecular weight excluding hydrogens is 316 g/mol. The summed E-state index contributed by atoms with van der Waals surface area (Å²) in [7, 11) is 0. The largest absolute Gasteiger partial charge is 0.334 e. The Labute approximate surface area is 146 Å². The molecule has 2 amide bonds. The highest BCUT2D eigenvalue weighted by molar-refractivity contribution is 5.89. The van der Waals surface area contributed by atoms with E-state index < -0.39 is 0 Å². The lowest BCUT2D eigenvalue weighted by Crippen LogP contribution is -2.48. The number of urea groups is 1. The maximum Gasteiger partial charge on any atom is 0.319 e. The Kier molecular flexibility index (Phi) is 5.54. The molecule has 25 heavy (non-hydrogen) atoms. The van der Waals surface area contributed by atoms with Gasteiger partial charge in [0.25, 0.3) is 0 Å². The van der Waals surface area contributed by atoms with Crippen molar-refractivity contribution in [1.82, 2.24) is 20.2 Å². The van der Waals surface area contributed by atoms with Gasteiger partial charge in [0, 0.05) is 31.5 Å². The zero-order valence-electron chi connectivity index (χ0n) is 13.9. The average molecular weight is 336 g/mol. The summed E-state index contributed by atoms with van der Waals surface area (Å²) in [5.74, 6) is 0. The number of pyridine rings is 2. The second-order valence-electron chi connectivity index (χ2n) is 6.08. The van der Waals surface area contributed by atoms with E-state index in [1.807, 2.05) is 18.3 Å². The zero-order chi connectivity index (χ0) is 17.5. The average Bonchev–Trinajstić information content (AvgIpc) is 2.63. The maximum atomic E-state index is 12.2. The van der Waals surface area contributed by atoms with Gasteiger partial charge >= 0.3 is 6.03 Å². The van der Waals surface area contributed by atoms with Crippen LogP contribution >= 0.6 is 0 Å². The van der Waals surface area contributed by atoms with Gasteiger partial charge in [-0.2, -0.15) is 5.26 Å². The minimum atomic E-state index is -0.250. The highest BCUT2D eigenvalue weighted by Gasteiger charge is 2.21. The molecule has 3 rings (SSSR count). The molecule has 0 radical (unpaired) electrons. The summed E-state index contributed by atoms with van der Waals surface area (Å²) in [6.07, 6.45) is 7.13. The first kappa shape index (κ1) is 16.9. The van der Waals surface area contributed by atoms with Gasteiger partial charge in [-0.3, -0.25) is 9.88 Å². The molecule has 2 aromatic heterocycles. The number of piperidine rings is 1. The lowest BCUT2D eigenvalue weighted by Gasteiger charge is -2.33. The minimum Gasteiger partial charge on any atom is -0.334 e. The van der Waals surface area contributed by atoms with E-state index in [1.165, 1.54) is 11.8 Å². The summed E-state index contributed by atoms with van der Waals surface area (Å²) in [6, 6.07) is 9.05. The molecule has 7 heteroatoms. The van der Waals surface area contributed by atoms with Crippen LogP contribution in [0.25, 0.3) is 0 Å². The molecule has 1 fully saturated rings. The molecule has 0 aliphatic carbocycles. The highest BCUT2D eigenvalue weighted by Crippen LogP contribution is 2.14. The first-order chi connectivity index (χ1) is 12.2. The van der Waals surface area contributed by atoms with Gasteiger partial charge in [0.15, 0.2) is 0 Å². The van der Waals surface area contributed by atoms with E-state index in [2.05, 4.69) is 31.6 Å². The Morgan fingerprint density at radius 1 is 1.36 bits per heavy atom. The molecule has 0 aromatic carbocycles. The van der Waals surface area contributed by atoms with Crippen molar-refractivity contribution in [3.8, 4) is 6.07 Å². The van der Waals surface area contributed by atoms with Crippen molar-refractivity contribution in [1.29, 1.82) is 5.26 Å². The fourth-order valence-electron chi connectivity index (χ4n) is 2.95. The Bertz CT molecular complexity index is 740. The summed E-state index contributed by atoms with van der Waals surface area (Å²) in [5.41, 5.74) is 2.07. The van der Waals surface area contributed by atoms with Gasteiger partial charge in [0.1, 0.15) is 11.8 Å². The number of carbonyl (C=O) groups is 1. The van der Waals surface area contributed by atoms with E-state index in [1.54, 1.807) is 18.3 Å². The predicted octanol–water partition coefficient (Wildman–Crippen LogP) is 2.13. The summed E-state index contributed by atoms with van der Waals surface area (Å²) in [6.45, 7) is 2.68. The first-order valence-corrected chi connectivity index (χ1v) is 8.28. The van der Waals surface area contributed by atoms with Crippen molar-refractivity contribution in [3.63, 3.8) is 0 Å². The highest BCUT2D eigenvalue weighted by atomic mass is 16.2. The van der Waals surface area contributed by atoms with Crippen molar-refractivity contribution in [2.24, 2.45) is 0 Å². The third kappa shape index (κ3) is 4.99. The third-order valence-corrected chi connectivity index (χ3v) is 4.11. The van der Waals surface area contributed by atoms with Crippen LogP contribution in [0.15, 0.2) is 42.9 Å². The van der Waals surface area contributed by atoms with Crippen LogP contribution in [0.4, 0.5) is 10.5 Å². The molecule has 1 atom stereocenters. The number of nitrogens with zero attached hydrogens (tertiary/aromatic N) is 4. The molecule has 1 aliphatic rings. The van der Waals surface area contributed by atoms with E-state index >= 15 is 0 Å². The number of aromatic nitrogens is 2. The molecule has 128 valence electrons. The van der Waals surface area contributed by atoms with E-state index in [0.29, 0.717) is 11.4 Å². The molecule has 0 spiro atoms. The fourth-order valence-corrected chi connectivity index (χ4v) is 2.95. The second-order valence-corrected chi connectivity index (χ2v) is 6.08. The Morgan fingerprint density at radius 3 is 3.00 bits per heavy atom. The molecule has 0 saturated carbocycles. The number of anilines is 1. The molecule has 1 aliphatic heterocycles. The number of nitrogens with one attached hydrogen (secondary N) is 2. The summed E-state index contributed by atoms with van der Waals surface area (Å²) in [4.78, 5) is 22.6. The van der Waals surface area contributed by atoms with E-state index in [0.717, 1.165) is 32.5 Å². The van der Waals surface area contributed by atoms with Crippen molar-refractivity contribution in [3.05, 3.63) is 54.1 Å². The van der Waals surface area contributed by atoms with Gasteiger partial charge in [-0.05, 0) is 43.1 Å². The monoisotopic (exact) mass is 336 g/mol. The summed E-state index contributed by atoms with van der Waals surface area (Å²) >= 11 is 0. The van der Waals surface area contributed by atoms with Gasteiger partial charge in [0.2, 0.25) is 0 Å². The fraction of sp³-hybridized carbons (Fsp3) is 0.333. The van der Waals surface area contributed by atoms with Crippen LogP contribution < -0.4 is 10.6 Å². The molecule has 1 saturated heterocycles. The number of amides is 2. The smallest absolute Gasteiger partial charge is 0.319 e. The second kappa shape index (κ2) is 8.22. The van der Waals surface area contributed by atoms with Crippen LogP contribution in [0.3, 0.4) is 0 Å². The molecule has 2 aromatic rings. The quantitative estimate of drug-likeness (QED) is 0.892. The number of nitriles is 1. The van der Waals surface area contributed by atoms with Gasteiger partial charge < -0.3 is 10.6 Å². The Balaban J connectivity index is 1.49. The van der Waals surface area contributed by atoms with Crippen molar-refractivity contribution in [2.45, 2.75) is 25.4 Å². The predicted molar refractivity (Wildman–Crippen MR) is 93.6 cm³/mol. The van der Waals surface area contributed by atoms with Crippen LogP contribution in [0.2, 0.25) is 0 Å². The van der Waals surface area contributed by atoms with Crippen molar-refractivity contribution < 1.29 is 4.79 Å². The van der Waals surface area contributed by atoms with Crippen molar-refractivity contribution >= 4 is 11.7 Å². The summed E-state index contributed by atoms with van der Waals surface area (Å²) in [5, 5.41) is 14.5. The van der Waals surface area contributed by atoms with Crippen LogP contribution in [0.1, 0.15) is 24.1 Å². The SMILES string of the molecule is N#Cc1ccc(NC(=O)N[C@H]2CCCN(Cc3cccnc3)C2)cn1. The van der Waals surface area contributed by atoms with E-state index in [-0.39, 0.29) is 12.1 Å². The number of hydrogen-bond acceptors (Lipinski definition) is 5. The topological polar surface area (TPSA) is 93.9 Å². The normalized spacial score (nSPS) is 17.5. The van der Waals surface area contributed by atoms with Crippen LogP contribution in [-0.2, 0) is 6.54 Å².